The van der Waals surface area contributed by atoms with Gasteiger partial charge in [0.05, 0.1) is 11.4 Å². The van der Waals surface area contributed by atoms with E-state index in [1.165, 1.54) is 5.56 Å². The third-order valence-corrected chi connectivity index (χ3v) is 3.86. The number of hydrogen-bond acceptors (Lipinski definition) is 3. The summed E-state index contributed by atoms with van der Waals surface area (Å²) in [4.78, 5) is 24.1. The number of amides is 2. The normalized spacial score (nSPS) is 10.4. The number of anilines is 2. The van der Waals surface area contributed by atoms with Crippen molar-refractivity contribution in [2.45, 2.75) is 33.1 Å². The molecule has 0 bridgehead atoms. The highest BCUT2D eigenvalue weighted by molar-refractivity contribution is 5.99. The number of rotatable bonds is 7. The van der Waals surface area contributed by atoms with Gasteiger partial charge in [0.25, 0.3) is 0 Å². The van der Waals surface area contributed by atoms with Gasteiger partial charge in [0, 0.05) is 19.4 Å². The van der Waals surface area contributed by atoms with E-state index in [0.717, 1.165) is 11.1 Å². The Bertz CT molecular complexity index is 739. The number of aryl methyl sites for hydroxylation is 3. The third-order valence-electron chi connectivity index (χ3n) is 3.86. The van der Waals surface area contributed by atoms with E-state index >= 15 is 0 Å². The van der Waals surface area contributed by atoms with E-state index in [4.69, 9.17) is 5.73 Å². The second kappa shape index (κ2) is 8.99. The lowest BCUT2D eigenvalue weighted by molar-refractivity contribution is -0.117. The zero-order chi connectivity index (χ0) is 18.2. The van der Waals surface area contributed by atoms with Gasteiger partial charge in [0.15, 0.2) is 0 Å². The molecule has 2 amide bonds. The lowest BCUT2D eigenvalue weighted by Gasteiger charge is -2.13. The Labute approximate surface area is 148 Å². The first-order valence-corrected chi connectivity index (χ1v) is 8.44. The average Bonchev–Trinajstić information content (AvgIpc) is 2.57. The standard InChI is InChI=1S/C20H25N3O2/c1-14-3-6-16(7-4-14)8-10-19(24)22-17-9-5-15(2)13-18(17)23-20(25)11-12-21/h3-7,9,13H,8,10-12,21H2,1-2H3,(H,22,24)(H,23,25). The fourth-order valence-corrected chi connectivity index (χ4v) is 2.44. The molecule has 2 aromatic carbocycles. The van der Waals surface area contributed by atoms with Crippen molar-refractivity contribution < 1.29 is 9.59 Å². The molecule has 0 saturated carbocycles. The van der Waals surface area contributed by atoms with E-state index in [0.29, 0.717) is 24.2 Å². The molecule has 0 aliphatic rings. The number of carbonyl (C=O) groups excluding carboxylic acids is 2. The monoisotopic (exact) mass is 339 g/mol. The molecule has 0 aliphatic carbocycles. The van der Waals surface area contributed by atoms with Crippen molar-refractivity contribution in [3.05, 3.63) is 59.2 Å². The molecule has 0 spiro atoms. The maximum Gasteiger partial charge on any atom is 0.225 e. The Kier molecular flexibility index (Phi) is 6.71. The molecule has 0 saturated heterocycles. The van der Waals surface area contributed by atoms with Gasteiger partial charge in [-0.05, 0) is 43.5 Å². The summed E-state index contributed by atoms with van der Waals surface area (Å²) >= 11 is 0. The second-order valence-electron chi connectivity index (χ2n) is 6.17. The van der Waals surface area contributed by atoms with Crippen LogP contribution in [0, 0.1) is 13.8 Å². The van der Waals surface area contributed by atoms with Crippen LogP contribution in [0.4, 0.5) is 11.4 Å². The first-order chi connectivity index (χ1) is 12.0. The number of carbonyl (C=O) groups is 2. The summed E-state index contributed by atoms with van der Waals surface area (Å²) in [6.45, 7) is 4.26. The van der Waals surface area contributed by atoms with Crippen molar-refractivity contribution in [3.8, 4) is 0 Å². The van der Waals surface area contributed by atoms with Crippen LogP contribution in [-0.2, 0) is 16.0 Å². The van der Waals surface area contributed by atoms with Crippen molar-refractivity contribution in [1.29, 1.82) is 0 Å². The Morgan fingerprint density at radius 3 is 2.12 bits per heavy atom. The quantitative estimate of drug-likeness (QED) is 0.724. The lowest BCUT2D eigenvalue weighted by Crippen LogP contribution is -2.19. The van der Waals surface area contributed by atoms with Crippen LogP contribution in [0.2, 0.25) is 0 Å². The highest BCUT2D eigenvalue weighted by atomic mass is 16.2. The van der Waals surface area contributed by atoms with Crippen LogP contribution >= 0.6 is 0 Å². The van der Waals surface area contributed by atoms with Gasteiger partial charge >= 0.3 is 0 Å². The number of nitrogens with two attached hydrogens (primary N) is 1. The van der Waals surface area contributed by atoms with Gasteiger partial charge in [0.1, 0.15) is 0 Å². The molecule has 2 aromatic rings. The van der Waals surface area contributed by atoms with E-state index in [1.807, 2.05) is 50.2 Å². The number of nitrogens with one attached hydrogen (secondary N) is 2. The molecule has 0 heterocycles. The predicted octanol–water partition coefficient (Wildman–Crippen LogP) is 3.16. The Balaban J connectivity index is 1.99. The summed E-state index contributed by atoms with van der Waals surface area (Å²) in [6.07, 6.45) is 1.30. The van der Waals surface area contributed by atoms with E-state index < -0.39 is 0 Å². The SMILES string of the molecule is Cc1ccc(CCC(=O)Nc2ccc(C)cc2NC(=O)CCN)cc1. The minimum absolute atomic E-state index is 0.0845. The Hall–Kier alpha value is -2.66. The van der Waals surface area contributed by atoms with Crippen molar-refractivity contribution in [2.75, 3.05) is 17.2 Å². The molecule has 0 fully saturated rings. The number of hydrogen-bond donors (Lipinski definition) is 3. The highest BCUT2D eigenvalue weighted by Gasteiger charge is 2.10. The van der Waals surface area contributed by atoms with Gasteiger partial charge in [-0.3, -0.25) is 9.59 Å². The minimum atomic E-state index is -0.164. The molecule has 5 heteroatoms. The molecule has 4 N–H and O–H groups in total. The van der Waals surface area contributed by atoms with Gasteiger partial charge in [0.2, 0.25) is 11.8 Å². The first kappa shape index (κ1) is 18.7. The number of benzene rings is 2. The molecule has 0 aromatic heterocycles. The van der Waals surface area contributed by atoms with E-state index in [9.17, 15) is 9.59 Å². The molecule has 25 heavy (non-hydrogen) atoms. The molecule has 0 unspecified atom stereocenters. The zero-order valence-corrected chi connectivity index (χ0v) is 14.8. The second-order valence-corrected chi connectivity index (χ2v) is 6.17. The molecule has 132 valence electrons. The van der Waals surface area contributed by atoms with Gasteiger partial charge in [-0.2, -0.15) is 0 Å². The van der Waals surface area contributed by atoms with Crippen LogP contribution in [0.1, 0.15) is 29.5 Å². The molecular formula is C20H25N3O2. The summed E-state index contributed by atoms with van der Waals surface area (Å²) < 4.78 is 0. The highest BCUT2D eigenvalue weighted by Crippen LogP contribution is 2.23. The van der Waals surface area contributed by atoms with Crippen molar-refractivity contribution in [1.82, 2.24) is 0 Å². The topological polar surface area (TPSA) is 84.2 Å². The lowest BCUT2D eigenvalue weighted by atomic mass is 10.1. The zero-order valence-electron chi connectivity index (χ0n) is 14.8. The maximum atomic E-state index is 12.3. The fourth-order valence-electron chi connectivity index (χ4n) is 2.44. The smallest absolute Gasteiger partial charge is 0.225 e. The molecule has 0 atom stereocenters. The third kappa shape index (κ3) is 6.04. The molecule has 2 rings (SSSR count). The van der Waals surface area contributed by atoms with E-state index in [2.05, 4.69) is 10.6 Å². The van der Waals surface area contributed by atoms with Crippen molar-refractivity contribution in [2.24, 2.45) is 5.73 Å². The average molecular weight is 339 g/mol. The maximum absolute atomic E-state index is 12.3. The van der Waals surface area contributed by atoms with E-state index in [1.54, 1.807) is 6.07 Å². The van der Waals surface area contributed by atoms with E-state index in [-0.39, 0.29) is 24.8 Å². The van der Waals surface area contributed by atoms with Gasteiger partial charge in [-0.25, -0.2) is 0 Å². The van der Waals surface area contributed by atoms with Gasteiger partial charge < -0.3 is 16.4 Å². The van der Waals surface area contributed by atoms with Crippen LogP contribution in [0.3, 0.4) is 0 Å². The molecule has 0 radical (unpaired) electrons. The first-order valence-electron chi connectivity index (χ1n) is 8.44. The molecular weight excluding hydrogens is 314 g/mol. The van der Waals surface area contributed by atoms with Crippen LogP contribution in [-0.4, -0.2) is 18.4 Å². The summed E-state index contributed by atoms with van der Waals surface area (Å²) in [5.41, 5.74) is 9.93. The van der Waals surface area contributed by atoms with Crippen LogP contribution in [0.5, 0.6) is 0 Å². The minimum Gasteiger partial charge on any atom is -0.330 e. The van der Waals surface area contributed by atoms with Crippen LogP contribution in [0.15, 0.2) is 42.5 Å². The van der Waals surface area contributed by atoms with Crippen LogP contribution in [0.25, 0.3) is 0 Å². The largest absolute Gasteiger partial charge is 0.330 e. The summed E-state index contributed by atoms with van der Waals surface area (Å²) in [5, 5.41) is 5.69. The fraction of sp³-hybridized carbons (Fsp3) is 0.300. The summed E-state index contributed by atoms with van der Waals surface area (Å²) in [5.74, 6) is -0.248. The molecule has 5 nitrogen and oxygen atoms in total. The van der Waals surface area contributed by atoms with Crippen molar-refractivity contribution >= 4 is 23.2 Å². The predicted molar refractivity (Wildman–Crippen MR) is 102 cm³/mol. The van der Waals surface area contributed by atoms with Gasteiger partial charge in [-0.15, -0.1) is 0 Å². The summed E-state index contributed by atoms with van der Waals surface area (Å²) in [7, 11) is 0. The Morgan fingerprint density at radius 2 is 1.44 bits per heavy atom. The Morgan fingerprint density at radius 1 is 0.840 bits per heavy atom. The molecule has 0 aliphatic heterocycles. The summed E-state index contributed by atoms with van der Waals surface area (Å²) in [6, 6.07) is 13.7. The van der Waals surface area contributed by atoms with Crippen LogP contribution < -0.4 is 16.4 Å². The van der Waals surface area contributed by atoms with Gasteiger partial charge in [-0.1, -0.05) is 35.9 Å². The van der Waals surface area contributed by atoms with Crippen molar-refractivity contribution in [3.63, 3.8) is 0 Å².